The number of nitrogens with two attached hydrogens (primary N) is 1. The van der Waals surface area contributed by atoms with Crippen LogP contribution < -0.4 is 5.73 Å². The predicted octanol–water partition coefficient (Wildman–Crippen LogP) is 4.82. The molecular weight excluding hydrogens is 275 g/mol. The summed E-state index contributed by atoms with van der Waals surface area (Å²) in [6.07, 6.45) is 0. The second-order valence-electron chi connectivity index (χ2n) is 4.05. The maximum Gasteiger partial charge on any atom is 0.180 e. The number of nitrogens with zero attached hydrogens (tertiary/aromatic N) is 1. The molecule has 0 unspecified atom stereocenters. The molecule has 0 aliphatic heterocycles. The summed E-state index contributed by atoms with van der Waals surface area (Å²) in [5.74, 6) is 0.327. The van der Waals surface area contributed by atoms with Crippen LogP contribution in [0.3, 0.4) is 0 Å². The molecule has 2 nitrogen and oxygen atoms in total. The minimum absolute atomic E-state index is 0.327. The molecule has 1 aromatic heterocycles. The van der Waals surface area contributed by atoms with Gasteiger partial charge in [0.2, 0.25) is 0 Å². The van der Waals surface area contributed by atoms with E-state index < -0.39 is 0 Å². The topological polar surface area (TPSA) is 38.9 Å². The summed E-state index contributed by atoms with van der Waals surface area (Å²) in [7, 11) is 0. The lowest BCUT2D eigenvalue weighted by Crippen LogP contribution is -1.91. The maximum atomic E-state index is 6.02. The van der Waals surface area contributed by atoms with Crippen LogP contribution in [-0.2, 0) is 0 Å². The molecule has 0 spiro atoms. The third kappa shape index (κ3) is 2.57. The summed E-state index contributed by atoms with van der Waals surface area (Å²) in [6.45, 7) is 4.19. The second kappa shape index (κ2) is 4.84. The molecule has 5 heteroatoms. The number of rotatable bonds is 2. The predicted molar refractivity (Wildman–Crippen MR) is 76.1 cm³/mol. The van der Waals surface area contributed by atoms with Crippen LogP contribution in [0.4, 0.5) is 5.13 Å². The van der Waals surface area contributed by atoms with Gasteiger partial charge in [-0.1, -0.05) is 54.5 Å². The lowest BCUT2D eigenvalue weighted by atomic mass is 10.1. The van der Waals surface area contributed by atoms with E-state index in [0.717, 1.165) is 16.1 Å². The van der Waals surface area contributed by atoms with Crippen molar-refractivity contribution in [2.45, 2.75) is 19.8 Å². The first-order valence-electron chi connectivity index (χ1n) is 5.20. The summed E-state index contributed by atoms with van der Waals surface area (Å²) in [5, 5.41) is 1.68. The molecule has 0 amide bonds. The molecule has 0 fully saturated rings. The zero-order valence-corrected chi connectivity index (χ0v) is 11.8. The van der Waals surface area contributed by atoms with E-state index in [1.54, 1.807) is 6.07 Å². The molecule has 0 radical (unpaired) electrons. The zero-order chi connectivity index (χ0) is 12.6. The Labute approximate surface area is 114 Å². The van der Waals surface area contributed by atoms with E-state index in [0.29, 0.717) is 21.1 Å². The van der Waals surface area contributed by atoms with E-state index in [9.17, 15) is 0 Å². The number of hydrogen-bond donors (Lipinski definition) is 1. The van der Waals surface area contributed by atoms with E-state index in [4.69, 9.17) is 28.9 Å². The van der Waals surface area contributed by atoms with Gasteiger partial charge >= 0.3 is 0 Å². The van der Waals surface area contributed by atoms with Crippen LogP contribution in [-0.4, -0.2) is 4.98 Å². The smallest absolute Gasteiger partial charge is 0.180 e. The van der Waals surface area contributed by atoms with Crippen molar-refractivity contribution in [2.75, 3.05) is 5.73 Å². The molecule has 2 aromatic rings. The Hall–Kier alpha value is -0.770. The van der Waals surface area contributed by atoms with Crippen LogP contribution in [0.2, 0.25) is 10.0 Å². The van der Waals surface area contributed by atoms with Crippen molar-refractivity contribution in [3.63, 3.8) is 0 Å². The number of anilines is 1. The lowest BCUT2D eigenvalue weighted by molar-refractivity contribution is 0.836. The molecule has 0 bridgehead atoms. The summed E-state index contributed by atoms with van der Waals surface area (Å²) in [6, 6.07) is 5.58. The van der Waals surface area contributed by atoms with Crippen molar-refractivity contribution in [1.82, 2.24) is 4.98 Å². The molecule has 0 atom stereocenters. The van der Waals surface area contributed by atoms with Gasteiger partial charge in [0.25, 0.3) is 0 Å². The normalized spacial score (nSPS) is 11.1. The summed E-state index contributed by atoms with van der Waals surface area (Å²) >= 11 is 13.4. The van der Waals surface area contributed by atoms with Crippen molar-refractivity contribution in [3.05, 3.63) is 33.9 Å². The fourth-order valence-corrected chi connectivity index (χ4v) is 2.87. The number of thiazole rings is 1. The largest absolute Gasteiger partial charge is 0.375 e. The molecule has 0 saturated heterocycles. The molecule has 0 aliphatic rings. The fourth-order valence-electron chi connectivity index (χ4n) is 1.58. The summed E-state index contributed by atoms with van der Waals surface area (Å²) < 4.78 is 0. The van der Waals surface area contributed by atoms with E-state index in [1.165, 1.54) is 11.3 Å². The standard InChI is InChI=1S/C12H12Cl2N2S/c1-6(2)10-11(17-12(15)16-10)7-3-4-8(13)9(14)5-7/h3-6H,1-2H3,(H2,15,16). The molecule has 0 saturated carbocycles. The van der Waals surface area contributed by atoms with Crippen LogP contribution in [0.25, 0.3) is 10.4 Å². The number of nitrogen functional groups attached to an aromatic ring is 1. The van der Waals surface area contributed by atoms with Gasteiger partial charge in [0.1, 0.15) is 0 Å². The van der Waals surface area contributed by atoms with E-state index in [2.05, 4.69) is 18.8 Å². The van der Waals surface area contributed by atoms with Crippen molar-refractivity contribution in [2.24, 2.45) is 0 Å². The number of benzene rings is 1. The highest BCUT2D eigenvalue weighted by Gasteiger charge is 2.15. The Bertz CT molecular complexity index is 549. The Kier molecular flexibility index (Phi) is 3.61. The summed E-state index contributed by atoms with van der Waals surface area (Å²) in [5.41, 5.74) is 7.79. The molecule has 2 rings (SSSR count). The van der Waals surface area contributed by atoms with E-state index in [-0.39, 0.29) is 0 Å². The molecule has 90 valence electrons. The SMILES string of the molecule is CC(C)c1nc(N)sc1-c1ccc(Cl)c(Cl)c1. The number of hydrogen-bond acceptors (Lipinski definition) is 3. The Morgan fingerprint density at radius 2 is 1.94 bits per heavy atom. The maximum absolute atomic E-state index is 6.02. The van der Waals surface area contributed by atoms with Gasteiger partial charge in [0.05, 0.1) is 20.6 Å². The molecule has 1 aromatic carbocycles. The first-order valence-corrected chi connectivity index (χ1v) is 6.78. The van der Waals surface area contributed by atoms with Crippen LogP contribution in [0, 0.1) is 0 Å². The third-order valence-electron chi connectivity index (χ3n) is 2.40. The van der Waals surface area contributed by atoms with Gasteiger partial charge in [-0.25, -0.2) is 4.98 Å². The summed E-state index contributed by atoms with van der Waals surface area (Å²) in [4.78, 5) is 5.42. The van der Waals surface area contributed by atoms with Crippen molar-refractivity contribution < 1.29 is 0 Å². The molecule has 1 heterocycles. The van der Waals surface area contributed by atoms with Crippen LogP contribution >= 0.6 is 34.5 Å². The van der Waals surface area contributed by atoms with E-state index in [1.807, 2.05) is 12.1 Å². The van der Waals surface area contributed by atoms with Gasteiger partial charge in [-0.2, -0.15) is 0 Å². The average molecular weight is 287 g/mol. The molecule has 17 heavy (non-hydrogen) atoms. The van der Waals surface area contributed by atoms with Gasteiger partial charge in [-0.05, 0) is 23.6 Å². The van der Waals surface area contributed by atoms with Crippen molar-refractivity contribution >= 4 is 39.7 Å². The molecular formula is C12H12Cl2N2S. The Morgan fingerprint density at radius 1 is 1.24 bits per heavy atom. The minimum Gasteiger partial charge on any atom is -0.375 e. The molecule has 2 N–H and O–H groups in total. The highest BCUT2D eigenvalue weighted by atomic mass is 35.5. The van der Waals surface area contributed by atoms with Gasteiger partial charge in [-0.15, -0.1) is 0 Å². The Balaban J connectivity index is 2.55. The number of aromatic nitrogens is 1. The zero-order valence-electron chi connectivity index (χ0n) is 9.50. The van der Waals surface area contributed by atoms with Crippen LogP contribution in [0.1, 0.15) is 25.5 Å². The van der Waals surface area contributed by atoms with Gasteiger partial charge in [0, 0.05) is 0 Å². The van der Waals surface area contributed by atoms with Gasteiger partial charge < -0.3 is 5.73 Å². The first-order chi connectivity index (χ1) is 7.99. The Morgan fingerprint density at radius 3 is 2.53 bits per heavy atom. The monoisotopic (exact) mass is 286 g/mol. The second-order valence-corrected chi connectivity index (χ2v) is 5.90. The quantitative estimate of drug-likeness (QED) is 0.859. The highest BCUT2D eigenvalue weighted by molar-refractivity contribution is 7.18. The van der Waals surface area contributed by atoms with Crippen LogP contribution in [0.15, 0.2) is 18.2 Å². The number of halogens is 2. The van der Waals surface area contributed by atoms with Crippen molar-refractivity contribution in [1.29, 1.82) is 0 Å². The van der Waals surface area contributed by atoms with Crippen LogP contribution in [0.5, 0.6) is 0 Å². The first kappa shape index (κ1) is 12.7. The van der Waals surface area contributed by atoms with Gasteiger partial charge in [0.15, 0.2) is 5.13 Å². The lowest BCUT2D eigenvalue weighted by Gasteiger charge is -2.06. The van der Waals surface area contributed by atoms with Gasteiger partial charge in [-0.3, -0.25) is 0 Å². The van der Waals surface area contributed by atoms with E-state index >= 15 is 0 Å². The average Bonchev–Trinajstić information content (AvgIpc) is 2.64. The fraction of sp³-hybridized carbons (Fsp3) is 0.250. The third-order valence-corrected chi connectivity index (χ3v) is 4.09. The minimum atomic E-state index is 0.327. The highest BCUT2D eigenvalue weighted by Crippen LogP contribution is 2.37. The molecule has 0 aliphatic carbocycles. The van der Waals surface area contributed by atoms with Crippen molar-refractivity contribution in [3.8, 4) is 10.4 Å².